The van der Waals surface area contributed by atoms with Crippen LogP contribution in [-0.2, 0) is 19.2 Å². The molecule has 2 fully saturated rings. The van der Waals surface area contributed by atoms with Gasteiger partial charge in [-0.05, 0) is 37.8 Å². The Bertz CT molecular complexity index is 604. The first-order valence-corrected chi connectivity index (χ1v) is 7.71. The Balaban J connectivity index is 1.77. The van der Waals surface area contributed by atoms with Gasteiger partial charge in [-0.1, -0.05) is 17.7 Å². The molecule has 1 atom stereocenters. The maximum absolute atomic E-state index is 12.1. The summed E-state index contributed by atoms with van der Waals surface area (Å²) >= 11 is 0. The Morgan fingerprint density at radius 2 is 1.84 bits per heavy atom. The standard InChI is InChI=1S/C13H15NO4S/c1-9-2-6-11(7-3-9)19(16,17)18-14-12(8-13(14)15)10-4-5-10/h2-3,6-7,10,12H,4-5,8H2,1H3. The van der Waals surface area contributed by atoms with Gasteiger partial charge in [-0.15, -0.1) is 4.28 Å². The van der Waals surface area contributed by atoms with E-state index in [1.807, 2.05) is 6.92 Å². The van der Waals surface area contributed by atoms with E-state index >= 15 is 0 Å². The van der Waals surface area contributed by atoms with Crippen molar-refractivity contribution >= 4 is 16.0 Å². The van der Waals surface area contributed by atoms with Gasteiger partial charge in [0.2, 0.25) is 5.91 Å². The van der Waals surface area contributed by atoms with Crippen molar-refractivity contribution in [3.63, 3.8) is 0 Å². The van der Waals surface area contributed by atoms with E-state index < -0.39 is 10.1 Å². The van der Waals surface area contributed by atoms with Gasteiger partial charge < -0.3 is 0 Å². The summed E-state index contributed by atoms with van der Waals surface area (Å²) in [5.74, 6) is 0.151. The van der Waals surface area contributed by atoms with Crippen molar-refractivity contribution in [2.75, 3.05) is 0 Å². The summed E-state index contributed by atoms with van der Waals surface area (Å²) in [5, 5.41) is 1.03. The topological polar surface area (TPSA) is 63.7 Å². The quantitative estimate of drug-likeness (QED) is 0.787. The van der Waals surface area contributed by atoms with Crippen LogP contribution in [0.4, 0.5) is 0 Å². The highest BCUT2D eigenvalue weighted by atomic mass is 32.2. The summed E-state index contributed by atoms with van der Waals surface area (Å²) in [6.45, 7) is 1.87. The highest BCUT2D eigenvalue weighted by Crippen LogP contribution is 2.42. The Hall–Kier alpha value is -1.40. The molecule has 6 heteroatoms. The predicted octanol–water partition coefficient (Wildman–Crippen LogP) is 1.63. The molecule has 19 heavy (non-hydrogen) atoms. The molecule has 3 rings (SSSR count). The fourth-order valence-corrected chi connectivity index (χ4v) is 3.17. The van der Waals surface area contributed by atoms with Crippen molar-refractivity contribution in [3.05, 3.63) is 29.8 Å². The van der Waals surface area contributed by atoms with E-state index in [1.54, 1.807) is 12.1 Å². The second-order valence-corrected chi connectivity index (χ2v) is 6.70. The van der Waals surface area contributed by atoms with Crippen LogP contribution in [0.1, 0.15) is 24.8 Å². The van der Waals surface area contributed by atoms with Crippen LogP contribution in [0.15, 0.2) is 29.2 Å². The summed E-state index contributed by atoms with van der Waals surface area (Å²) in [7, 11) is -3.90. The van der Waals surface area contributed by atoms with Crippen LogP contribution in [-0.4, -0.2) is 25.4 Å². The van der Waals surface area contributed by atoms with Gasteiger partial charge >= 0.3 is 10.1 Å². The van der Waals surface area contributed by atoms with Crippen LogP contribution in [0.3, 0.4) is 0 Å². The molecule has 5 nitrogen and oxygen atoms in total. The van der Waals surface area contributed by atoms with Gasteiger partial charge in [-0.25, -0.2) is 0 Å². The summed E-state index contributed by atoms with van der Waals surface area (Å²) in [4.78, 5) is 11.5. The van der Waals surface area contributed by atoms with Gasteiger partial charge in [0, 0.05) is 0 Å². The molecule has 1 amide bonds. The first-order valence-electron chi connectivity index (χ1n) is 6.31. The zero-order valence-corrected chi connectivity index (χ0v) is 11.4. The Kier molecular flexibility index (Phi) is 2.87. The Morgan fingerprint density at radius 3 is 2.37 bits per heavy atom. The smallest absolute Gasteiger partial charge is 0.272 e. The van der Waals surface area contributed by atoms with Gasteiger partial charge in [0.1, 0.15) is 0 Å². The first-order chi connectivity index (χ1) is 8.97. The van der Waals surface area contributed by atoms with Gasteiger partial charge in [0.25, 0.3) is 0 Å². The van der Waals surface area contributed by atoms with Crippen molar-refractivity contribution in [2.45, 2.75) is 37.1 Å². The molecule has 0 radical (unpaired) electrons. The number of hydroxylamine groups is 2. The third-order valence-electron chi connectivity index (χ3n) is 3.59. The van der Waals surface area contributed by atoms with Gasteiger partial charge in [-0.3, -0.25) is 4.79 Å². The molecule has 1 saturated heterocycles. The molecule has 0 spiro atoms. The highest BCUT2D eigenvalue weighted by molar-refractivity contribution is 7.86. The maximum Gasteiger partial charge on any atom is 0.317 e. The first kappa shape index (κ1) is 12.6. The fraction of sp³-hybridized carbons (Fsp3) is 0.462. The fourth-order valence-electron chi connectivity index (χ4n) is 2.21. The van der Waals surface area contributed by atoms with Crippen LogP contribution >= 0.6 is 0 Å². The number of benzene rings is 1. The maximum atomic E-state index is 12.1. The van der Waals surface area contributed by atoms with Gasteiger partial charge in [0.15, 0.2) is 0 Å². The number of hydrogen-bond donors (Lipinski definition) is 0. The number of β-lactam (4-membered cyclic amide) rings is 1. The minimum absolute atomic E-state index is 0.0623. The monoisotopic (exact) mass is 281 g/mol. The molecule has 2 aliphatic rings. The SMILES string of the molecule is Cc1ccc(S(=O)(=O)ON2C(=O)CC2C2CC2)cc1. The van der Waals surface area contributed by atoms with E-state index in [1.165, 1.54) is 12.1 Å². The summed E-state index contributed by atoms with van der Waals surface area (Å²) in [6, 6.07) is 6.31. The van der Waals surface area contributed by atoms with Crippen molar-refractivity contribution in [1.29, 1.82) is 0 Å². The second kappa shape index (κ2) is 4.31. The minimum Gasteiger partial charge on any atom is -0.272 e. The molecule has 1 aliphatic heterocycles. The number of nitrogens with zero attached hydrogens (tertiary/aromatic N) is 1. The summed E-state index contributed by atoms with van der Waals surface area (Å²) < 4.78 is 29.1. The van der Waals surface area contributed by atoms with E-state index in [-0.39, 0.29) is 16.8 Å². The Morgan fingerprint density at radius 1 is 1.21 bits per heavy atom. The minimum atomic E-state index is -3.90. The molecule has 1 aromatic rings. The van der Waals surface area contributed by atoms with E-state index in [0.717, 1.165) is 23.5 Å². The highest BCUT2D eigenvalue weighted by Gasteiger charge is 2.48. The average molecular weight is 281 g/mol. The normalized spacial score (nSPS) is 23.3. The predicted molar refractivity (Wildman–Crippen MR) is 67.4 cm³/mol. The van der Waals surface area contributed by atoms with Crippen LogP contribution in [0, 0.1) is 12.8 Å². The largest absolute Gasteiger partial charge is 0.317 e. The lowest BCUT2D eigenvalue weighted by Gasteiger charge is -2.37. The van der Waals surface area contributed by atoms with Gasteiger partial charge in [-0.2, -0.15) is 13.5 Å². The molecule has 0 bridgehead atoms. The van der Waals surface area contributed by atoms with Crippen molar-refractivity contribution in [2.24, 2.45) is 5.92 Å². The van der Waals surface area contributed by atoms with Crippen molar-refractivity contribution < 1.29 is 17.5 Å². The van der Waals surface area contributed by atoms with Crippen LogP contribution in [0.25, 0.3) is 0 Å². The molecule has 0 aromatic heterocycles. The van der Waals surface area contributed by atoms with Crippen molar-refractivity contribution in [1.82, 2.24) is 5.06 Å². The number of rotatable bonds is 4. The summed E-state index contributed by atoms with van der Waals surface area (Å²) in [6.07, 6.45) is 2.48. The summed E-state index contributed by atoms with van der Waals surface area (Å²) in [5.41, 5.74) is 0.967. The van der Waals surface area contributed by atoms with Crippen molar-refractivity contribution in [3.8, 4) is 0 Å². The van der Waals surface area contributed by atoms with Crippen LogP contribution in [0.2, 0.25) is 0 Å². The number of aryl methyl sites for hydroxylation is 1. The lowest BCUT2D eigenvalue weighted by molar-refractivity contribution is -0.191. The van der Waals surface area contributed by atoms with Crippen LogP contribution in [0.5, 0.6) is 0 Å². The van der Waals surface area contributed by atoms with Gasteiger partial charge in [0.05, 0.1) is 17.4 Å². The molecule has 1 heterocycles. The molecular formula is C13H15NO4S. The van der Waals surface area contributed by atoms with E-state index in [2.05, 4.69) is 0 Å². The number of carbonyl (C=O) groups excluding carboxylic acids is 1. The van der Waals surface area contributed by atoms with Crippen LogP contribution < -0.4 is 0 Å². The molecular weight excluding hydrogens is 266 g/mol. The molecule has 1 aromatic carbocycles. The van der Waals surface area contributed by atoms with E-state index in [4.69, 9.17) is 4.28 Å². The molecule has 1 unspecified atom stereocenters. The second-order valence-electron chi connectivity index (χ2n) is 5.17. The lowest BCUT2D eigenvalue weighted by Crippen LogP contribution is -2.54. The zero-order valence-electron chi connectivity index (χ0n) is 10.6. The average Bonchev–Trinajstić information content (AvgIpc) is 3.18. The third-order valence-corrected chi connectivity index (χ3v) is 4.79. The molecule has 1 saturated carbocycles. The van der Waals surface area contributed by atoms with E-state index in [0.29, 0.717) is 12.3 Å². The zero-order chi connectivity index (χ0) is 13.6. The third kappa shape index (κ3) is 2.37. The molecule has 1 aliphatic carbocycles. The Labute approximate surface area is 112 Å². The number of hydrogen-bond acceptors (Lipinski definition) is 4. The molecule has 102 valence electrons. The lowest BCUT2D eigenvalue weighted by atomic mass is 10.0. The number of amides is 1. The number of carbonyl (C=O) groups is 1. The molecule has 0 N–H and O–H groups in total. The van der Waals surface area contributed by atoms with E-state index in [9.17, 15) is 13.2 Å².